The summed E-state index contributed by atoms with van der Waals surface area (Å²) in [6, 6.07) is 9.42. The molecule has 0 radical (unpaired) electrons. The van der Waals surface area contributed by atoms with Crippen LogP contribution < -0.4 is 16.0 Å². The zero-order chi connectivity index (χ0) is 18.5. The molecule has 1 saturated heterocycles. The number of aryl methyl sites for hydroxylation is 1. The van der Waals surface area contributed by atoms with Crippen molar-refractivity contribution in [1.29, 1.82) is 0 Å². The zero-order valence-corrected chi connectivity index (χ0v) is 15.3. The van der Waals surface area contributed by atoms with Crippen molar-refractivity contribution in [3.63, 3.8) is 0 Å². The predicted octanol–water partition coefficient (Wildman–Crippen LogP) is 3.56. The van der Waals surface area contributed by atoms with Crippen LogP contribution >= 0.6 is 11.6 Å². The molecule has 0 spiro atoms. The number of hydrogen-bond acceptors (Lipinski definition) is 6. The highest BCUT2D eigenvalue weighted by Crippen LogP contribution is 2.33. The summed E-state index contributed by atoms with van der Waals surface area (Å²) in [7, 11) is 0. The Balaban J connectivity index is 1.70. The number of nitrogen functional groups attached to an aromatic ring is 1. The Labute approximate surface area is 157 Å². The molecule has 0 saturated carbocycles. The van der Waals surface area contributed by atoms with Gasteiger partial charge in [-0.1, -0.05) is 41.4 Å². The molecule has 2 heterocycles. The maximum atomic E-state index is 11.9. The second-order valence-corrected chi connectivity index (χ2v) is 6.45. The Morgan fingerprint density at radius 3 is 2.65 bits per heavy atom. The zero-order valence-electron chi connectivity index (χ0n) is 14.5. The summed E-state index contributed by atoms with van der Waals surface area (Å²) < 4.78 is 10.6. The Bertz CT molecular complexity index is 777. The maximum Gasteiger partial charge on any atom is 0.412 e. The van der Waals surface area contributed by atoms with Crippen LogP contribution in [0.25, 0.3) is 11.3 Å². The lowest BCUT2D eigenvalue weighted by Gasteiger charge is -2.16. The fourth-order valence-corrected chi connectivity index (χ4v) is 2.98. The Morgan fingerprint density at radius 2 is 2.00 bits per heavy atom. The summed E-state index contributed by atoms with van der Waals surface area (Å²) >= 11 is 6.35. The molecule has 0 aliphatic carbocycles. The topological polar surface area (TPSA) is 89.7 Å². The average molecular weight is 377 g/mol. The quantitative estimate of drug-likeness (QED) is 0.471. The number of nitrogens with zero attached hydrogens (tertiary/aromatic N) is 2. The van der Waals surface area contributed by atoms with E-state index in [-0.39, 0.29) is 12.9 Å². The minimum Gasteiger partial charge on any atom is -0.453 e. The fraction of sp³-hybridized carbons (Fsp3) is 0.333. The van der Waals surface area contributed by atoms with Gasteiger partial charge in [-0.05, 0) is 19.8 Å². The minimum absolute atomic E-state index is 0.244. The number of pyridine rings is 1. The van der Waals surface area contributed by atoms with Crippen molar-refractivity contribution in [2.45, 2.75) is 19.8 Å². The van der Waals surface area contributed by atoms with Crippen molar-refractivity contribution >= 4 is 23.5 Å². The lowest BCUT2D eigenvalue weighted by Crippen LogP contribution is -2.29. The van der Waals surface area contributed by atoms with Gasteiger partial charge in [-0.15, -0.1) is 0 Å². The lowest BCUT2D eigenvalue weighted by atomic mass is 10.1. The van der Waals surface area contributed by atoms with Gasteiger partial charge in [0.05, 0.1) is 10.7 Å². The molecular formula is C18H21ClN4O3. The first-order valence-corrected chi connectivity index (χ1v) is 8.75. The number of hydrogen-bond donors (Lipinski definition) is 2. The first-order valence-electron chi connectivity index (χ1n) is 8.37. The molecule has 138 valence electrons. The number of benzene rings is 1. The average Bonchev–Trinajstić information content (AvgIpc) is 3.17. The third-order valence-corrected chi connectivity index (χ3v) is 4.45. The smallest absolute Gasteiger partial charge is 0.412 e. The van der Waals surface area contributed by atoms with E-state index in [9.17, 15) is 4.79 Å². The number of halogens is 1. The highest BCUT2D eigenvalue weighted by atomic mass is 35.5. The lowest BCUT2D eigenvalue weighted by molar-refractivity contribution is 0.0393. The van der Waals surface area contributed by atoms with Crippen LogP contribution in [0.15, 0.2) is 30.3 Å². The van der Waals surface area contributed by atoms with E-state index in [1.54, 1.807) is 11.0 Å². The first-order chi connectivity index (χ1) is 12.6. The predicted molar refractivity (Wildman–Crippen MR) is 100 cm³/mol. The Hall–Kier alpha value is -2.51. The van der Waals surface area contributed by atoms with Crippen molar-refractivity contribution in [3.05, 3.63) is 40.9 Å². The number of anilines is 1. The van der Waals surface area contributed by atoms with E-state index in [1.165, 1.54) is 0 Å². The summed E-state index contributed by atoms with van der Waals surface area (Å²) in [6.07, 6.45) is 1.61. The van der Waals surface area contributed by atoms with Crippen molar-refractivity contribution in [2.24, 2.45) is 5.84 Å². The van der Waals surface area contributed by atoms with E-state index in [0.29, 0.717) is 35.4 Å². The van der Waals surface area contributed by atoms with Gasteiger partial charge < -0.3 is 19.8 Å². The van der Waals surface area contributed by atoms with Crippen molar-refractivity contribution in [3.8, 4) is 17.0 Å². The molecule has 3 N–H and O–H groups in total. The van der Waals surface area contributed by atoms with E-state index >= 15 is 0 Å². The molecule has 1 aliphatic rings. The summed E-state index contributed by atoms with van der Waals surface area (Å²) in [5.74, 6) is 6.17. The van der Waals surface area contributed by atoms with E-state index < -0.39 is 0 Å². The molecule has 8 heteroatoms. The van der Waals surface area contributed by atoms with Gasteiger partial charge in [0.25, 0.3) is 0 Å². The summed E-state index contributed by atoms with van der Waals surface area (Å²) in [4.78, 5) is 17.9. The SMILES string of the molecule is Cc1ccc(-c2nc(NN)c(OCOC(=O)N3CCCC3)cc2Cl)cc1. The molecule has 2 aromatic rings. The van der Waals surface area contributed by atoms with Crippen LogP contribution in [0.2, 0.25) is 5.02 Å². The van der Waals surface area contributed by atoms with Crippen LogP contribution in [0.1, 0.15) is 18.4 Å². The van der Waals surface area contributed by atoms with Crippen LogP contribution in [0.4, 0.5) is 10.6 Å². The molecule has 1 aromatic carbocycles. The third kappa shape index (κ3) is 4.17. The monoisotopic (exact) mass is 376 g/mol. The Kier molecular flexibility index (Phi) is 5.80. The number of carbonyl (C=O) groups excluding carboxylic acids is 1. The van der Waals surface area contributed by atoms with Crippen LogP contribution in [0, 0.1) is 6.92 Å². The largest absolute Gasteiger partial charge is 0.453 e. The molecule has 0 unspecified atom stereocenters. The van der Waals surface area contributed by atoms with Gasteiger partial charge in [-0.3, -0.25) is 0 Å². The molecule has 1 amide bonds. The number of likely N-dealkylation sites (tertiary alicyclic amines) is 1. The summed E-state index contributed by atoms with van der Waals surface area (Å²) in [5, 5.41) is 0.411. The van der Waals surface area contributed by atoms with Gasteiger partial charge in [0.1, 0.15) is 0 Å². The fourth-order valence-electron chi connectivity index (χ4n) is 2.73. The van der Waals surface area contributed by atoms with E-state index in [0.717, 1.165) is 24.0 Å². The van der Waals surface area contributed by atoms with Crippen molar-refractivity contribution in [2.75, 3.05) is 25.3 Å². The number of aromatic nitrogens is 1. The molecule has 7 nitrogen and oxygen atoms in total. The van der Waals surface area contributed by atoms with Gasteiger partial charge >= 0.3 is 6.09 Å². The normalized spacial score (nSPS) is 13.6. The van der Waals surface area contributed by atoms with E-state index in [1.807, 2.05) is 31.2 Å². The van der Waals surface area contributed by atoms with E-state index in [4.69, 9.17) is 26.9 Å². The third-order valence-electron chi connectivity index (χ3n) is 4.16. The van der Waals surface area contributed by atoms with Crippen molar-refractivity contribution in [1.82, 2.24) is 9.88 Å². The first kappa shape index (κ1) is 18.3. The summed E-state index contributed by atoms with van der Waals surface area (Å²) in [5.41, 5.74) is 5.08. The Morgan fingerprint density at radius 1 is 1.31 bits per heavy atom. The van der Waals surface area contributed by atoms with Crippen LogP contribution in [-0.2, 0) is 4.74 Å². The number of carbonyl (C=O) groups is 1. The van der Waals surface area contributed by atoms with Gasteiger partial charge in [0.15, 0.2) is 11.6 Å². The highest BCUT2D eigenvalue weighted by molar-refractivity contribution is 6.33. The van der Waals surface area contributed by atoms with E-state index in [2.05, 4.69) is 10.4 Å². The molecule has 1 fully saturated rings. The van der Waals surface area contributed by atoms with Gasteiger partial charge in [0, 0.05) is 24.7 Å². The maximum absolute atomic E-state index is 11.9. The standard InChI is InChI=1S/C18H21ClN4O3/c1-12-4-6-13(7-5-12)16-14(19)10-15(17(21-16)22-20)25-11-26-18(24)23-8-2-3-9-23/h4-7,10H,2-3,8-9,11,20H2,1H3,(H,21,22). The number of nitrogens with one attached hydrogen (secondary N) is 1. The number of rotatable bonds is 5. The second kappa shape index (κ2) is 8.25. The number of hydrazine groups is 1. The molecular weight excluding hydrogens is 356 g/mol. The second-order valence-electron chi connectivity index (χ2n) is 6.04. The molecule has 26 heavy (non-hydrogen) atoms. The minimum atomic E-state index is -0.389. The summed E-state index contributed by atoms with van der Waals surface area (Å²) in [6.45, 7) is 3.19. The number of amides is 1. The molecule has 0 bridgehead atoms. The van der Waals surface area contributed by atoms with Crippen LogP contribution in [0.5, 0.6) is 5.75 Å². The van der Waals surface area contributed by atoms with Crippen LogP contribution in [-0.4, -0.2) is 35.9 Å². The molecule has 0 atom stereocenters. The number of ether oxygens (including phenoxy) is 2. The van der Waals surface area contributed by atoms with Gasteiger partial charge in [-0.25, -0.2) is 15.6 Å². The highest BCUT2D eigenvalue weighted by Gasteiger charge is 2.19. The number of nitrogens with two attached hydrogens (primary N) is 1. The van der Waals surface area contributed by atoms with Gasteiger partial charge in [-0.2, -0.15) is 0 Å². The molecule has 3 rings (SSSR count). The molecule has 1 aliphatic heterocycles. The van der Waals surface area contributed by atoms with Crippen molar-refractivity contribution < 1.29 is 14.3 Å². The van der Waals surface area contributed by atoms with Gasteiger partial charge in [0.2, 0.25) is 6.79 Å². The van der Waals surface area contributed by atoms with Crippen LogP contribution in [0.3, 0.4) is 0 Å². The molecule has 1 aromatic heterocycles.